The predicted octanol–water partition coefficient (Wildman–Crippen LogP) is 2.67. The molecule has 0 aliphatic carbocycles. The zero-order valence-electron chi connectivity index (χ0n) is 9.75. The average molecular weight is 243 g/mol. The maximum Gasteiger partial charge on any atom is 0.123 e. The second-order valence-corrected chi connectivity index (χ2v) is 4.66. The monoisotopic (exact) mass is 243 g/mol. The van der Waals surface area contributed by atoms with E-state index in [0.29, 0.717) is 13.2 Å². The number of hydrogen-bond acceptors (Lipinski definition) is 3. The molecule has 0 heterocycles. The number of rotatable bonds is 7. The van der Waals surface area contributed by atoms with E-state index in [9.17, 15) is 4.39 Å². The minimum absolute atomic E-state index is 0.177. The Morgan fingerprint density at radius 3 is 2.94 bits per heavy atom. The largest absolute Gasteiger partial charge is 0.383 e. The van der Waals surface area contributed by atoms with Crippen molar-refractivity contribution in [3.8, 4) is 0 Å². The van der Waals surface area contributed by atoms with Crippen molar-refractivity contribution in [3.05, 3.63) is 29.6 Å². The van der Waals surface area contributed by atoms with E-state index in [1.165, 1.54) is 6.07 Å². The van der Waals surface area contributed by atoms with E-state index >= 15 is 0 Å². The van der Waals surface area contributed by atoms with Gasteiger partial charge in [0.2, 0.25) is 0 Å². The van der Waals surface area contributed by atoms with E-state index < -0.39 is 0 Å². The average Bonchev–Trinajstić information content (AvgIpc) is 2.28. The fraction of sp³-hybridized carbons (Fsp3) is 0.500. The number of ether oxygens (including phenoxy) is 1. The van der Waals surface area contributed by atoms with E-state index in [4.69, 9.17) is 4.74 Å². The molecule has 2 nitrogen and oxygen atoms in total. The fourth-order valence-corrected chi connectivity index (χ4v) is 2.17. The molecule has 0 aliphatic rings. The lowest BCUT2D eigenvalue weighted by Crippen LogP contribution is -2.19. The lowest BCUT2D eigenvalue weighted by atomic mass is 10.2. The van der Waals surface area contributed by atoms with Crippen molar-refractivity contribution in [1.29, 1.82) is 0 Å². The van der Waals surface area contributed by atoms with Crippen molar-refractivity contribution in [2.75, 3.05) is 26.0 Å². The molecule has 0 saturated heterocycles. The Bertz CT molecular complexity index is 320. The summed E-state index contributed by atoms with van der Waals surface area (Å²) >= 11 is 1.74. The summed E-state index contributed by atoms with van der Waals surface area (Å²) in [6, 6.07) is 4.95. The molecule has 1 N–H and O–H groups in total. The Kier molecular flexibility index (Phi) is 6.45. The minimum atomic E-state index is -0.177. The summed E-state index contributed by atoms with van der Waals surface area (Å²) in [4.78, 5) is 1.15. The summed E-state index contributed by atoms with van der Waals surface area (Å²) in [7, 11) is 1.67. The Morgan fingerprint density at radius 1 is 1.44 bits per heavy atom. The Balaban J connectivity index is 2.57. The van der Waals surface area contributed by atoms with Gasteiger partial charge in [-0.25, -0.2) is 4.39 Å². The zero-order chi connectivity index (χ0) is 11.8. The van der Waals surface area contributed by atoms with Gasteiger partial charge >= 0.3 is 0 Å². The third-order valence-corrected chi connectivity index (χ3v) is 3.12. The lowest BCUT2D eigenvalue weighted by Gasteiger charge is -2.09. The summed E-state index contributed by atoms with van der Waals surface area (Å²) in [5.74, 6) is 0.820. The number of methoxy groups -OCH3 is 1. The first-order valence-electron chi connectivity index (χ1n) is 5.38. The van der Waals surface area contributed by atoms with Gasteiger partial charge in [-0.1, -0.05) is 6.92 Å². The first-order chi connectivity index (χ1) is 7.77. The van der Waals surface area contributed by atoms with Gasteiger partial charge in [-0.2, -0.15) is 0 Å². The van der Waals surface area contributed by atoms with Crippen LogP contribution in [0.2, 0.25) is 0 Å². The van der Waals surface area contributed by atoms with Crippen LogP contribution in [-0.4, -0.2) is 26.0 Å². The third-order valence-electron chi connectivity index (χ3n) is 2.12. The SMILES string of the molecule is CCSc1ccc(F)cc1CNCCOC. The van der Waals surface area contributed by atoms with Crippen LogP contribution in [0.25, 0.3) is 0 Å². The van der Waals surface area contributed by atoms with Gasteiger partial charge in [-0.05, 0) is 29.5 Å². The molecule has 1 rings (SSSR count). The maximum atomic E-state index is 13.1. The quantitative estimate of drug-likeness (QED) is 0.587. The standard InChI is InChI=1S/C12H18FNOS/c1-3-16-12-5-4-11(13)8-10(12)9-14-6-7-15-2/h4-5,8,14H,3,6-7,9H2,1-2H3. The van der Waals surface area contributed by atoms with Crippen LogP contribution in [0.4, 0.5) is 4.39 Å². The highest BCUT2D eigenvalue weighted by atomic mass is 32.2. The molecule has 0 fully saturated rings. The highest BCUT2D eigenvalue weighted by Gasteiger charge is 2.03. The third kappa shape index (κ3) is 4.51. The number of halogens is 1. The first kappa shape index (κ1) is 13.5. The van der Waals surface area contributed by atoms with Crippen LogP contribution < -0.4 is 5.32 Å². The summed E-state index contributed by atoms with van der Waals surface area (Å²) < 4.78 is 18.0. The molecular weight excluding hydrogens is 225 g/mol. The van der Waals surface area contributed by atoms with E-state index in [1.807, 2.05) is 6.07 Å². The van der Waals surface area contributed by atoms with Crippen molar-refractivity contribution in [2.45, 2.75) is 18.4 Å². The van der Waals surface area contributed by atoms with Crippen LogP contribution in [0.1, 0.15) is 12.5 Å². The molecule has 16 heavy (non-hydrogen) atoms. The van der Waals surface area contributed by atoms with E-state index in [0.717, 1.165) is 22.8 Å². The predicted molar refractivity (Wildman–Crippen MR) is 66.4 cm³/mol. The molecule has 0 amide bonds. The van der Waals surface area contributed by atoms with Gasteiger partial charge in [-0.3, -0.25) is 0 Å². The van der Waals surface area contributed by atoms with Crippen molar-refractivity contribution in [1.82, 2.24) is 5.32 Å². The zero-order valence-corrected chi connectivity index (χ0v) is 10.6. The van der Waals surface area contributed by atoms with Crippen molar-refractivity contribution >= 4 is 11.8 Å². The molecule has 0 bridgehead atoms. The summed E-state index contributed by atoms with van der Waals surface area (Å²) in [5.41, 5.74) is 1.02. The number of benzene rings is 1. The first-order valence-corrected chi connectivity index (χ1v) is 6.37. The maximum absolute atomic E-state index is 13.1. The number of thioether (sulfide) groups is 1. The fourth-order valence-electron chi connectivity index (χ4n) is 1.38. The van der Waals surface area contributed by atoms with Crippen molar-refractivity contribution in [3.63, 3.8) is 0 Å². The summed E-state index contributed by atoms with van der Waals surface area (Å²) in [6.07, 6.45) is 0. The molecule has 90 valence electrons. The van der Waals surface area contributed by atoms with Gasteiger partial charge in [0, 0.05) is 25.1 Å². The minimum Gasteiger partial charge on any atom is -0.383 e. The van der Waals surface area contributed by atoms with Crippen molar-refractivity contribution < 1.29 is 9.13 Å². The molecule has 1 aromatic rings. The summed E-state index contributed by atoms with van der Waals surface area (Å²) in [5, 5.41) is 3.22. The highest BCUT2D eigenvalue weighted by Crippen LogP contribution is 2.23. The smallest absolute Gasteiger partial charge is 0.123 e. The Morgan fingerprint density at radius 2 is 2.25 bits per heavy atom. The van der Waals surface area contributed by atoms with Crippen LogP contribution in [-0.2, 0) is 11.3 Å². The van der Waals surface area contributed by atoms with Crippen LogP contribution in [0.15, 0.2) is 23.1 Å². The van der Waals surface area contributed by atoms with E-state index in [1.54, 1.807) is 24.9 Å². The molecule has 0 aliphatic heterocycles. The molecule has 0 unspecified atom stereocenters. The van der Waals surface area contributed by atoms with Gasteiger partial charge in [0.1, 0.15) is 5.82 Å². The van der Waals surface area contributed by atoms with Gasteiger partial charge < -0.3 is 10.1 Å². The highest BCUT2D eigenvalue weighted by molar-refractivity contribution is 7.99. The van der Waals surface area contributed by atoms with Crippen molar-refractivity contribution in [2.24, 2.45) is 0 Å². The summed E-state index contributed by atoms with van der Waals surface area (Å²) in [6.45, 7) is 4.23. The molecule has 0 atom stereocenters. The Labute approximate surface area is 101 Å². The Hall–Kier alpha value is -0.580. The number of hydrogen-bond donors (Lipinski definition) is 1. The van der Waals surface area contributed by atoms with Crippen LogP contribution in [0.3, 0.4) is 0 Å². The molecular formula is C12H18FNOS. The molecule has 4 heteroatoms. The second kappa shape index (κ2) is 7.65. The van der Waals surface area contributed by atoms with Gasteiger partial charge in [-0.15, -0.1) is 11.8 Å². The van der Waals surface area contributed by atoms with Gasteiger partial charge in [0.05, 0.1) is 6.61 Å². The topological polar surface area (TPSA) is 21.3 Å². The lowest BCUT2D eigenvalue weighted by molar-refractivity contribution is 0.199. The molecule has 0 spiro atoms. The molecule has 1 aromatic carbocycles. The number of nitrogens with one attached hydrogen (secondary N) is 1. The van der Waals surface area contributed by atoms with Crippen LogP contribution >= 0.6 is 11.8 Å². The molecule has 0 aromatic heterocycles. The van der Waals surface area contributed by atoms with Gasteiger partial charge in [0.15, 0.2) is 0 Å². The van der Waals surface area contributed by atoms with Crippen LogP contribution in [0.5, 0.6) is 0 Å². The second-order valence-electron chi connectivity index (χ2n) is 3.35. The van der Waals surface area contributed by atoms with Crippen LogP contribution in [0, 0.1) is 5.82 Å². The van der Waals surface area contributed by atoms with E-state index in [2.05, 4.69) is 12.2 Å². The van der Waals surface area contributed by atoms with Gasteiger partial charge in [0.25, 0.3) is 0 Å². The van der Waals surface area contributed by atoms with E-state index in [-0.39, 0.29) is 5.82 Å². The molecule has 0 saturated carbocycles. The molecule has 0 radical (unpaired) electrons. The normalized spacial score (nSPS) is 10.7.